The third-order valence-corrected chi connectivity index (χ3v) is 8.06. The number of hydrogen-bond acceptors (Lipinski definition) is 8. The molecule has 0 saturated heterocycles. The van der Waals surface area contributed by atoms with Crippen LogP contribution in [0, 0.1) is 6.92 Å². The first kappa shape index (κ1) is 28.1. The Morgan fingerprint density at radius 2 is 1.53 bits per heavy atom. The number of anilines is 1. The first-order valence-electron chi connectivity index (χ1n) is 9.93. The Labute approximate surface area is 234 Å². The van der Waals surface area contributed by atoms with E-state index in [0.29, 0.717) is 0 Å². The molecule has 4 aromatic rings. The van der Waals surface area contributed by atoms with E-state index < -0.39 is 30.6 Å². The number of azo groups is 1. The van der Waals surface area contributed by atoms with Crippen molar-refractivity contribution in [2.45, 2.75) is 21.6 Å². The largest absolute Gasteiger partial charge is 0.507 e. The molecule has 0 aliphatic rings. The van der Waals surface area contributed by atoms with Crippen LogP contribution >= 0.6 is 11.6 Å². The van der Waals surface area contributed by atoms with Gasteiger partial charge in [-0.3, -0.25) is 4.55 Å². The van der Waals surface area contributed by atoms with Crippen LogP contribution in [0.2, 0.25) is 5.02 Å². The molecular weight excluding hydrogens is 537 g/mol. The van der Waals surface area contributed by atoms with E-state index in [1.165, 1.54) is 42.5 Å². The Morgan fingerprint density at radius 3 is 2.17 bits per heavy atom. The van der Waals surface area contributed by atoms with Crippen molar-refractivity contribution in [2.24, 2.45) is 10.2 Å². The molecule has 0 heterocycles. The number of nitrogens with two attached hydrogens (primary N) is 1. The maximum absolute atomic E-state index is 13.3. The zero-order valence-electron chi connectivity index (χ0n) is 19.0. The van der Waals surface area contributed by atoms with Crippen molar-refractivity contribution in [3.8, 4) is 5.75 Å². The molecule has 0 aliphatic heterocycles. The summed E-state index contributed by atoms with van der Waals surface area (Å²) in [7, 11) is -8.56. The summed E-state index contributed by atoms with van der Waals surface area (Å²) in [6.45, 7) is 1.83. The van der Waals surface area contributed by atoms with Crippen LogP contribution in [0.15, 0.2) is 91.6 Å². The second-order valence-electron chi connectivity index (χ2n) is 7.65. The number of aryl methyl sites for hydroxylation is 1. The van der Waals surface area contributed by atoms with Crippen LogP contribution in [-0.4, -0.2) is 56.1 Å². The molecule has 0 fully saturated rings. The van der Waals surface area contributed by atoms with E-state index in [9.17, 15) is 26.5 Å². The predicted octanol–water partition coefficient (Wildman–Crippen LogP) is 5.20. The average Bonchev–Trinajstić information content (AvgIpc) is 2.78. The van der Waals surface area contributed by atoms with Crippen molar-refractivity contribution in [3.63, 3.8) is 0 Å². The summed E-state index contributed by atoms with van der Waals surface area (Å²) in [5.41, 5.74) is 6.91. The average molecular weight is 555 g/mol. The first-order valence-corrected chi connectivity index (χ1v) is 13.2. The second kappa shape index (κ2) is 10.5. The molecular formula is C23H18ClN3NaO6S2. The number of rotatable bonds is 5. The van der Waals surface area contributed by atoms with E-state index in [1.807, 2.05) is 6.92 Å². The van der Waals surface area contributed by atoms with Gasteiger partial charge >= 0.3 is 0 Å². The summed E-state index contributed by atoms with van der Waals surface area (Å²) >= 11 is 6.09. The van der Waals surface area contributed by atoms with Crippen LogP contribution < -0.4 is 5.73 Å². The number of halogens is 1. The van der Waals surface area contributed by atoms with Gasteiger partial charge in [0.15, 0.2) is 0 Å². The number of nitrogens with zero attached hydrogens (tertiary/aromatic N) is 2. The van der Waals surface area contributed by atoms with Crippen LogP contribution in [0.1, 0.15) is 5.56 Å². The van der Waals surface area contributed by atoms with Crippen molar-refractivity contribution in [1.29, 1.82) is 0 Å². The molecule has 0 amide bonds. The quantitative estimate of drug-likeness (QED) is 0.132. The number of phenolic OH excluding ortho intramolecular Hbond substituents is 1. The van der Waals surface area contributed by atoms with Crippen LogP contribution in [0.5, 0.6) is 5.75 Å². The number of phenols is 1. The number of nitrogen functional groups attached to an aromatic ring is 1. The molecule has 0 bridgehead atoms. The summed E-state index contributed by atoms with van der Waals surface area (Å²) in [4.78, 5) is -0.607. The normalized spacial score (nSPS) is 12.1. The molecule has 0 atom stereocenters. The van der Waals surface area contributed by atoms with Crippen molar-refractivity contribution in [2.75, 3.05) is 5.73 Å². The Hall–Kier alpha value is -2.51. The SMILES string of the molecule is Cc1ccc(S(=O)(=O)c2ccc(Cl)cc2N=Nc2c(N)ccc3cc(S(=O)(=O)O)cc(O)c23)cc1.[Na]. The smallest absolute Gasteiger partial charge is 0.294 e. The predicted molar refractivity (Wildman–Crippen MR) is 138 cm³/mol. The van der Waals surface area contributed by atoms with Gasteiger partial charge in [0.05, 0.1) is 25.8 Å². The molecule has 4 aromatic carbocycles. The summed E-state index contributed by atoms with van der Waals surface area (Å²) in [5, 5.41) is 19.1. The molecule has 1 radical (unpaired) electrons. The van der Waals surface area contributed by atoms with E-state index >= 15 is 0 Å². The first-order chi connectivity index (χ1) is 16.4. The van der Waals surface area contributed by atoms with Crippen LogP contribution in [-0.2, 0) is 20.0 Å². The topological polar surface area (TPSA) is 159 Å². The van der Waals surface area contributed by atoms with E-state index in [4.69, 9.17) is 17.3 Å². The van der Waals surface area contributed by atoms with E-state index in [2.05, 4.69) is 10.2 Å². The molecule has 0 aliphatic carbocycles. The fraction of sp³-hybridized carbons (Fsp3) is 0.0435. The molecule has 0 saturated carbocycles. The fourth-order valence-electron chi connectivity index (χ4n) is 3.42. The zero-order valence-corrected chi connectivity index (χ0v) is 23.4. The number of aromatic hydroxyl groups is 1. The van der Waals surface area contributed by atoms with E-state index in [-0.39, 0.29) is 72.2 Å². The Kier molecular flexibility index (Phi) is 8.16. The maximum Gasteiger partial charge on any atom is 0.294 e. The van der Waals surface area contributed by atoms with Gasteiger partial charge in [0.2, 0.25) is 9.84 Å². The van der Waals surface area contributed by atoms with Gasteiger partial charge in [0, 0.05) is 40.6 Å². The van der Waals surface area contributed by atoms with Crippen molar-refractivity contribution in [1.82, 2.24) is 0 Å². The van der Waals surface area contributed by atoms with Gasteiger partial charge in [-0.25, -0.2) is 8.42 Å². The minimum absolute atomic E-state index is 0. The maximum atomic E-state index is 13.3. The molecule has 9 nitrogen and oxygen atoms in total. The van der Waals surface area contributed by atoms with Gasteiger partial charge in [-0.2, -0.15) is 8.42 Å². The fourth-order valence-corrected chi connectivity index (χ4v) is 5.49. The molecule has 0 unspecified atom stereocenters. The van der Waals surface area contributed by atoms with Crippen LogP contribution in [0.3, 0.4) is 0 Å². The molecule has 4 rings (SSSR count). The Balaban J connectivity index is 0.00000361. The molecule has 4 N–H and O–H groups in total. The molecule has 181 valence electrons. The van der Waals surface area contributed by atoms with Gasteiger partial charge in [-0.15, -0.1) is 10.2 Å². The van der Waals surface area contributed by atoms with Crippen molar-refractivity contribution >= 4 is 88.9 Å². The van der Waals surface area contributed by atoms with Crippen LogP contribution in [0.4, 0.5) is 17.1 Å². The third kappa shape index (κ3) is 5.57. The van der Waals surface area contributed by atoms with Crippen LogP contribution in [0.25, 0.3) is 10.8 Å². The standard InChI is InChI=1S/C23H18ClN3O6S2.Na/c1-13-2-6-16(7-3-13)34(29,30)21-9-5-15(24)11-19(21)26-27-23-18(25)8-4-14-10-17(35(31,32)33)12-20(28)22(14)23;/h2-12,28H,25H2,1H3,(H,31,32,33);. The minimum Gasteiger partial charge on any atom is -0.507 e. The molecule has 13 heteroatoms. The molecule has 0 aromatic heterocycles. The second-order valence-corrected chi connectivity index (χ2v) is 11.4. The molecule has 36 heavy (non-hydrogen) atoms. The van der Waals surface area contributed by atoms with Crippen molar-refractivity contribution in [3.05, 3.63) is 77.3 Å². The van der Waals surface area contributed by atoms with E-state index in [1.54, 1.807) is 12.1 Å². The minimum atomic E-state index is -4.58. The summed E-state index contributed by atoms with van der Waals surface area (Å²) in [6.07, 6.45) is 0. The van der Waals surface area contributed by atoms with Crippen molar-refractivity contribution < 1.29 is 26.5 Å². The van der Waals surface area contributed by atoms with Gasteiger partial charge in [0.1, 0.15) is 17.1 Å². The third-order valence-electron chi connectivity index (χ3n) is 5.17. The summed E-state index contributed by atoms with van der Waals surface area (Å²) in [5.74, 6) is -0.519. The summed E-state index contributed by atoms with van der Waals surface area (Å²) < 4.78 is 58.8. The Bertz CT molecular complexity index is 1730. The monoisotopic (exact) mass is 554 g/mol. The number of fused-ring (bicyclic) bond motifs is 1. The molecule has 0 spiro atoms. The van der Waals surface area contributed by atoms with Gasteiger partial charge in [-0.1, -0.05) is 35.4 Å². The van der Waals surface area contributed by atoms with Gasteiger partial charge in [-0.05, 0) is 54.8 Å². The Morgan fingerprint density at radius 1 is 0.861 bits per heavy atom. The number of hydrogen-bond donors (Lipinski definition) is 3. The zero-order chi connectivity index (χ0) is 25.5. The van der Waals surface area contributed by atoms with Gasteiger partial charge < -0.3 is 10.8 Å². The summed E-state index contributed by atoms with van der Waals surface area (Å²) in [6, 6.07) is 15.2. The van der Waals surface area contributed by atoms with Gasteiger partial charge in [0.25, 0.3) is 10.1 Å². The number of sulfone groups is 1. The number of benzene rings is 4. The van der Waals surface area contributed by atoms with E-state index in [0.717, 1.165) is 17.7 Å².